The average molecular weight is 473 g/mol. The normalized spacial score (nSPS) is 23.5. The summed E-state index contributed by atoms with van der Waals surface area (Å²) >= 11 is 0. The van der Waals surface area contributed by atoms with Gasteiger partial charge in [-0.2, -0.15) is 0 Å². The minimum Gasteiger partial charge on any atom is -0.382 e. The molecule has 33 heavy (non-hydrogen) atoms. The zero-order valence-electron chi connectivity index (χ0n) is 21.5. The highest BCUT2D eigenvalue weighted by molar-refractivity contribution is 5.18. The van der Waals surface area contributed by atoms with E-state index in [1.54, 1.807) is 21.3 Å². The van der Waals surface area contributed by atoms with Crippen LogP contribution in [-0.4, -0.2) is 118 Å². The van der Waals surface area contributed by atoms with Crippen molar-refractivity contribution < 1.29 is 28.4 Å². The number of methoxy groups -OCH3 is 3. The van der Waals surface area contributed by atoms with Crippen molar-refractivity contribution in [3.8, 4) is 0 Å². The quantitative estimate of drug-likeness (QED) is 0.332. The third-order valence-electron chi connectivity index (χ3n) is 5.91. The molecule has 0 aromatic rings. The Morgan fingerprint density at radius 2 is 0.939 bits per heavy atom. The second-order valence-electron chi connectivity index (χ2n) is 8.54. The van der Waals surface area contributed by atoms with Gasteiger partial charge in [0, 0.05) is 27.9 Å². The molecule has 0 saturated carbocycles. The smallest absolute Gasteiger partial charge is 0.148 e. The first-order valence-corrected chi connectivity index (χ1v) is 11.6. The molecule has 2 aliphatic rings. The summed E-state index contributed by atoms with van der Waals surface area (Å²) in [6, 6.07) is 0. The van der Waals surface area contributed by atoms with Crippen molar-refractivity contribution in [3.05, 3.63) is 24.8 Å². The molecule has 5 atom stereocenters. The molecule has 2 rings (SSSR count). The van der Waals surface area contributed by atoms with Crippen molar-refractivity contribution in [3.63, 3.8) is 0 Å². The van der Waals surface area contributed by atoms with Crippen LogP contribution in [-0.2, 0) is 28.4 Å². The molecule has 2 aliphatic heterocycles. The lowest BCUT2D eigenvalue weighted by atomic mass is 10.3. The van der Waals surface area contributed by atoms with E-state index in [-0.39, 0.29) is 30.6 Å². The van der Waals surface area contributed by atoms with Crippen LogP contribution in [0.4, 0.5) is 0 Å². The molecule has 0 bridgehead atoms. The second kappa shape index (κ2) is 13.4. The van der Waals surface area contributed by atoms with Crippen LogP contribution in [0, 0.1) is 0 Å². The number of hydrogen-bond acceptors (Lipinski definition) is 10. The van der Waals surface area contributed by atoms with Gasteiger partial charge in [-0.05, 0) is 27.7 Å². The molecule has 192 valence electrons. The van der Waals surface area contributed by atoms with Gasteiger partial charge in [0.1, 0.15) is 44.2 Å². The molecular formula is C23H44N4O6. The topological polar surface area (TPSA) is 68.3 Å². The monoisotopic (exact) mass is 472 g/mol. The van der Waals surface area contributed by atoms with Gasteiger partial charge in [0.15, 0.2) is 0 Å². The molecule has 0 radical (unpaired) electrons. The molecule has 0 aliphatic carbocycles. The SMILES string of the molecule is C=C1N(CC)C2C(N1COC(C)COC)N(COC(C)COC)C(=C)N2COC(C)COC. The van der Waals surface area contributed by atoms with Gasteiger partial charge in [0.05, 0.1) is 38.1 Å². The Hall–Kier alpha value is -1.56. The van der Waals surface area contributed by atoms with Gasteiger partial charge >= 0.3 is 0 Å². The fourth-order valence-electron chi connectivity index (χ4n) is 4.21. The summed E-state index contributed by atoms with van der Waals surface area (Å²) in [5.41, 5.74) is 0. The summed E-state index contributed by atoms with van der Waals surface area (Å²) in [7, 11) is 5.02. The van der Waals surface area contributed by atoms with Crippen LogP contribution in [0.15, 0.2) is 24.8 Å². The van der Waals surface area contributed by atoms with Crippen LogP contribution in [0.1, 0.15) is 27.7 Å². The van der Waals surface area contributed by atoms with Crippen LogP contribution in [0.5, 0.6) is 0 Å². The van der Waals surface area contributed by atoms with E-state index in [4.69, 9.17) is 28.4 Å². The minimum absolute atomic E-state index is 0.0348. The van der Waals surface area contributed by atoms with Gasteiger partial charge in [0.2, 0.25) is 0 Å². The van der Waals surface area contributed by atoms with E-state index < -0.39 is 0 Å². The maximum Gasteiger partial charge on any atom is 0.148 e. The fraction of sp³-hybridized carbons (Fsp3) is 0.826. The van der Waals surface area contributed by atoms with Crippen molar-refractivity contribution in [1.82, 2.24) is 19.6 Å². The van der Waals surface area contributed by atoms with E-state index in [2.05, 4.69) is 39.7 Å². The lowest BCUT2D eigenvalue weighted by Crippen LogP contribution is -2.48. The molecule has 0 amide bonds. The molecule has 10 nitrogen and oxygen atoms in total. The van der Waals surface area contributed by atoms with Gasteiger partial charge in [-0.3, -0.25) is 0 Å². The van der Waals surface area contributed by atoms with Crippen LogP contribution >= 0.6 is 0 Å². The third kappa shape index (κ3) is 6.74. The Morgan fingerprint density at radius 1 is 0.636 bits per heavy atom. The number of fused-ring (bicyclic) bond motifs is 1. The number of rotatable bonds is 16. The average Bonchev–Trinajstić information content (AvgIpc) is 3.19. The number of hydrogen-bond donors (Lipinski definition) is 0. The first-order valence-electron chi connectivity index (χ1n) is 11.6. The largest absolute Gasteiger partial charge is 0.382 e. The van der Waals surface area contributed by atoms with Gasteiger partial charge < -0.3 is 48.0 Å². The Bertz CT molecular complexity index is 610. The Kier molecular flexibility index (Phi) is 11.2. The maximum absolute atomic E-state index is 6.09. The highest BCUT2D eigenvalue weighted by Gasteiger charge is 2.54. The van der Waals surface area contributed by atoms with Crippen molar-refractivity contribution in [2.45, 2.75) is 58.3 Å². The Labute approximate surface area is 199 Å². The summed E-state index contributed by atoms with van der Waals surface area (Å²) in [5, 5.41) is 0. The predicted molar refractivity (Wildman–Crippen MR) is 126 cm³/mol. The standard InChI is InChI=1S/C23H44N4O6/c1-10-24-20(5)25(14-31-17(2)11-28-7)23-22(24)26(15-32-18(3)12-29-8)21(6)27(23)16-33-19(4)13-30-9/h17-19,22-23H,5-6,10-16H2,1-4,7-9H3. The number of likely N-dealkylation sites (N-methyl/N-ethyl adjacent to an activating group) is 1. The molecular weight excluding hydrogens is 428 g/mol. The molecule has 5 unspecified atom stereocenters. The minimum atomic E-state index is -0.0872. The van der Waals surface area contributed by atoms with Crippen molar-refractivity contribution in [2.24, 2.45) is 0 Å². The van der Waals surface area contributed by atoms with E-state index in [0.29, 0.717) is 40.0 Å². The number of ether oxygens (including phenoxy) is 6. The first-order chi connectivity index (χ1) is 15.8. The third-order valence-corrected chi connectivity index (χ3v) is 5.91. The van der Waals surface area contributed by atoms with Crippen molar-refractivity contribution in [1.29, 1.82) is 0 Å². The lowest BCUT2D eigenvalue weighted by molar-refractivity contribution is -0.0835. The van der Waals surface area contributed by atoms with Crippen LogP contribution in [0.2, 0.25) is 0 Å². The second-order valence-corrected chi connectivity index (χ2v) is 8.54. The highest BCUT2D eigenvalue weighted by atomic mass is 16.5. The van der Waals surface area contributed by atoms with Gasteiger partial charge in [0.25, 0.3) is 0 Å². The number of nitrogens with zero attached hydrogens (tertiary/aromatic N) is 4. The molecule has 2 heterocycles. The molecule has 0 spiro atoms. The summed E-state index contributed by atoms with van der Waals surface area (Å²) in [4.78, 5) is 8.72. The predicted octanol–water partition coefficient (Wildman–Crippen LogP) is 1.86. The molecule has 10 heteroatoms. The zero-order chi connectivity index (χ0) is 24.5. The zero-order valence-corrected chi connectivity index (χ0v) is 21.5. The van der Waals surface area contributed by atoms with Crippen LogP contribution < -0.4 is 0 Å². The van der Waals surface area contributed by atoms with Crippen molar-refractivity contribution in [2.75, 3.05) is 67.9 Å². The van der Waals surface area contributed by atoms with Crippen molar-refractivity contribution >= 4 is 0 Å². The highest BCUT2D eigenvalue weighted by Crippen LogP contribution is 2.41. The van der Waals surface area contributed by atoms with Crippen LogP contribution in [0.3, 0.4) is 0 Å². The molecule has 0 N–H and O–H groups in total. The van der Waals surface area contributed by atoms with Gasteiger partial charge in [-0.1, -0.05) is 13.2 Å². The van der Waals surface area contributed by atoms with E-state index in [1.807, 2.05) is 20.8 Å². The Balaban J connectivity index is 2.25. The lowest BCUT2D eigenvalue weighted by Gasteiger charge is -2.35. The molecule has 2 saturated heterocycles. The maximum atomic E-state index is 6.09. The first kappa shape index (κ1) is 27.7. The van der Waals surface area contributed by atoms with E-state index in [0.717, 1.165) is 18.2 Å². The van der Waals surface area contributed by atoms with E-state index in [1.165, 1.54) is 0 Å². The summed E-state index contributed by atoms with van der Waals surface area (Å²) < 4.78 is 33.9. The molecule has 2 fully saturated rings. The summed E-state index contributed by atoms with van der Waals surface area (Å²) in [6.45, 7) is 20.3. The van der Waals surface area contributed by atoms with E-state index >= 15 is 0 Å². The molecule has 0 aromatic heterocycles. The van der Waals surface area contributed by atoms with Crippen LogP contribution in [0.25, 0.3) is 0 Å². The van der Waals surface area contributed by atoms with E-state index in [9.17, 15) is 0 Å². The Morgan fingerprint density at radius 3 is 1.24 bits per heavy atom. The summed E-state index contributed by atoms with van der Waals surface area (Å²) in [5.74, 6) is 1.73. The molecule has 0 aromatic carbocycles. The fourth-order valence-corrected chi connectivity index (χ4v) is 4.21. The summed E-state index contributed by atoms with van der Waals surface area (Å²) in [6.07, 6.45) is -0.251. The van der Waals surface area contributed by atoms with Gasteiger partial charge in [-0.25, -0.2) is 0 Å². The van der Waals surface area contributed by atoms with Gasteiger partial charge in [-0.15, -0.1) is 0 Å².